The average Bonchev–Trinajstić information content (AvgIpc) is 2.83. The van der Waals surface area contributed by atoms with E-state index in [1.54, 1.807) is 6.08 Å². The van der Waals surface area contributed by atoms with Crippen LogP contribution in [0.15, 0.2) is 12.7 Å². The van der Waals surface area contributed by atoms with Crippen molar-refractivity contribution in [1.29, 1.82) is 0 Å². The predicted octanol–water partition coefficient (Wildman–Crippen LogP) is 0.897. The van der Waals surface area contributed by atoms with Gasteiger partial charge in [0, 0.05) is 19.6 Å². The Morgan fingerprint density at radius 2 is 2.26 bits per heavy atom. The van der Waals surface area contributed by atoms with Gasteiger partial charge in [-0.25, -0.2) is 0 Å². The molecule has 2 N–H and O–H groups in total. The molecule has 108 valence electrons. The third kappa shape index (κ3) is 3.09. The molecule has 2 rings (SSSR count). The van der Waals surface area contributed by atoms with Gasteiger partial charge in [-0.2, -0.15) is 0 Å². The van der Waals surface area contributed by atoms with E-state index in [0.29, 0.717) is 19.6 Å². The first-order chi connectivity index (χ1) is 8.58. The number of carboxylic acids is 1. The van der Waals surface area contributed by atoms with E-state index in [1.165, 1.54) is 0 Å². The van der Waals surface area contributed by atoms with Gasteiger partial charge in [0.2, 0.25) is 5.91 Å². The molecule has 2 aliphatic rings. The third-order valence-corrected chi connectivity index (χ3v) is 4.18. The Kier molecular flexibility index (Phi) is 5.38. The maximum atomic E-state index is 11.6. The Hall–Kier alpha value is -1.07. The van der Waals surface area contributed by atoms with Crippen LogP contribution in [-0.4, -0.2) is 48.1 Å². The summed E-state index contributed by atoms with van der Waals surface area (Å²) in [6.07, 6.45) is 4.34. The number of halogens is 1. The van der Waals surface area contributed by atoms with Crippen LogP contribution in [0.3, 0.4) is 0 Å². The molecule has 6 heteroatoms. The van der Waals surface area contributed by atoms with Crippen molar-refractivity contribution in [2.45, 2.75) is 19.3 Å². The van der Waals surface area contributed by atoms with Gasteiger partial charge in [-0.05, 0) is 18.8 Å². The molecular weight excluding hydrogens is 268 g/mol. The summed E-state index contributed by atoms with van der Waals surface area (Å²) in [7, 11) is 0. The molecule has 2 fully saturated rings. The highest BCUT2D eigenvalue weighted by Crippen LogP contribution is 2.48. The first-order valence-corrected chi connectivity index (χ1v) is 6.42. The molecule has 0 aromatic heterocycles. The molecule has 1 saturated heterocycles. The third-order valence-electron chi connectivity index (χ3n) is 4.18. The van der Waals surface area contributed by atoms with Crippen LogP contribution in [0.2, 0.25) is 0 Å². The molecular formula is C13H21ClN2O3. The molecule has 0 aromatic carbocycles. The van der Waals surface area contributed by atoms with Crippen molar-refractivity contribution < 1.29 is 14.7 Å². The van der Waals surface area contributed by atoms with Crippen LogP contribution in [0.25, 0.3) is 0 Å². The fourth-order valence-corrected chi connectivity index (χ4v) is 3.31. The average molecular weight is 289 g/mol. The van der Waals surface area contributed by atoms with Crippen molar-refractivity contribution >= 4 is 24.3 Å². The quantitative estimate of drug-likeness (QED) is 0.738. The van der Waals surface area contributed by atoms with E-state index in [-0.39, 0.29) is 24.2 Å². The van der Waals surface area contributed by atoms with E-state index in [0.717, 1.165) is 25.8 Å². The van der Waals surface area contributed by atoms with Crippen LogP contribution in [0, 0.1) is 11.3 Å². The lowest BCUT2D eigenvalue weighted by molar-refractivity contribution is -0.149. The van der Waals surface area contributed by atoms with Gasteiger partial charge < -0.3 is 10.4 Å². The first kappa shape index (κ1) is 16.0. The molecule has 0 unspecified atom stereocenters. The number of carbonyl (C=O) groups is 2. The fourth-order valence-electron chi connectivity index (χ4n) is 3.31. The number of hydrogen-bond acceptors (Lipinski definition) is 3. The van der Waals surface area contributed by atoms with Gasteiger partial charge in [-0.3, -0.25) is 14.5 Å². The lowest BCUT2D eigenvalue weighted by atomic mass is 9.81. The summed E-state index contributed by atoms with van der Waals surface area (Å²) in [5, 5.41) is 12.1. The van der Waals surface area contributed by atoms with Crippen molar-refractivity contribution in [3.8, 4) is 0 Å². The second-order valence-corrected chi connectivity index (χ2v) is 5.31. The molecule has 2 atom stereocenters. The second kappa shape index (κ2) is 6.39. The molecule has 1 amide bonds. The molecule has 0 spiro atoms. The summed E-state index contributed by atoms with van der Waals surface area (Å²) >= 11 is 0. The Morgan fingerprint density at radius 3 is 2.84 bits per heavy atom. The predicted molar refractivity (Wildman–Crippen MR) is 74.3 cm³/mol. The number of carbonyl (C=O) groups excluding carboxylic acids is 1. The molecule has 1 saturated carbocycles. The molecule has 0 bridgehead atoms. The van der Waals surface area contributed by atoms with Crippen molar-refractivity contribution in [3.63, 3.8) is 0 Å². The zero-order valence-corrected chi connectivity index (χ0v) is 11.7. The minimum atomic E-state index is -0.695. The van der Waals surface area contributed by atoms with Crippen molar-refractivity contribution in [2.75, 3.05) is 26.2 Å². The minimum Gasteiger partial charge on any atom is -0.481 e. The van der Waals surface area contributed by atoms with Crippen molar-refractivity contribution in [1.82, 2.24) is 10.2 Å². The van der Waals surface area contributed by atoms with E-state index >= 15 is 0 Å². The van der Waals surface area contributed by atoms with E-state index in [4.69, 9.17) is 0 Å². The molecule has 1 aliphatic carbocycles. The van der Waals surface area contributed by atoms with Gasteiger partial charge in [-0.15, -0.1) is 19.0 Å². The standard InChI is InChI=1S/C13H20N2O3.ClH/c1-2-6-14-11(16)8-15-7-10-4-3-5-13(10,9-15)12(17)18;/h2,10H,1,3-9H2,(H,14,16)(H,17,18);1H/t10-,13+;/m0./s1. The van der Waals surface area contributed by atoms with Crippen LogP contribution < -0.4 is 5.32 Å². The van der Waals surface area contributed by atoms with Crippen molar-refractivity contribution in [2.24, 2.45) is 11.3 Å². The topological polar surface area (TPSA) is 69.6 Å². The van der Waals surface area contributed by atoms with Gasteiger partial charge in [0.1, 0.15) is 0 Å². The van der Waals surface area contributed by atoms with Crippen molar-refractivity contribution in [3.05, 3.63) is 12.7 Å². The Labute approximate surface area is 119 Å². The van der Waals surface area contributed by atoms with Gasteiger partial charge in [0.15, 0.2) is 0 Å². The smallest absolute Gasteiger partial charge is 0.311 e. The van der Waals surface area contributed by atoms with Crippen LogP contribution >= 0.6 is 12.4 Å². The Morgan fingerprint density at radius 1 is 1.53 bits per heavy atom. The van der Waals surface area contributed by atoms with Gasteiger partial charge >= 0.3 is 5.97 Å². The highest BCUT2D eigenvalue weighted by atomic mass is 35.5. The summed E-state index contributed by atoms with van der Waals surface area (Å²) < 4.78 is 0. The van der Waals surface area contributed by atoms with E-state index < -0.39 is 11.4 Å². The van der Waals surface area contributed by atoms with Gasteiger partial charge in [-0.1, -0.05) is 12.5 Å². The summed E-state index contributed by atoms with van der Waals surface area (Å²) in [6, 6.07) is 0. The molecule has 0 aromatic rings. The number of carboxylic acid groups (broad SMARTS) is 1. The van der Waals surface area contributed by atoms with Crippen LogP contribution in [0.1, 0.15) is 19.3 Å². The Bertz CT molecular complexity index is 375. The number of hydrogen-bond donors (Lipinski definition) is 2. The number of likely N-dealkylation sites (tertiary alicyclic amines) is 1. The molecule has 0 radical (unpaired) electrons. The second-order valence-electron chi connectivity index (χ2n) is 5.31. The van der Waals surface area contributed by atoms with E-state index in [9.17, 15) is 14.7 Å². The number of nitrogens with zero attached hydrogens (tertiary/aromatic N) is 1. The lowest BCUT2D eigenvalue weighted by Crippen LogP contribution is -2.39. The number of aliphatic carboxylic acids is 1. The molecule has 5 nitrogen and oxygen atoms in total. The monoisotopic (exact) mass is 288 g/mol. The SMILES string of the molecule is C=CCNC(=O)CN1C[C@@H]2CCC[C@@]2(C(=O)O)C1.Cl. The largest absolute Gasteiger partial charge is 0.481 e. The number of rotatable bonds is 5. The summed E-state index contributed by atoms with van der Waals surface area (Å²) in [5.41, 5.74) is -0.598. The highest BCUT2D eigenvalue weighted by molar-refractivity contribution is 5.85. The summed E-state index contributed by atoms with van der Waals surface area (Å²) in [5.74, 6) is -0.545. The van der Waals surface area contributed by atoms with Crippen LogP contribution in [0.5, 0.6) is 0 Å². The van der Waals surface area contributed by atoms with E-state index in [1.807, 2.05) is 4.90 Å². The van der Waals surface area contributed by atoms with Gasteiger partial charge in [0.05, 0.1) is 12.0 Å². The van der Waals surface area contributed by atoms with E-state index in [2.05, 4.69) is 11.9 Å². The Balaban J connectivity index is 0.00000180. The molecule has 1 heterocycles. The summed E-state index contributed by atoms with van der Waals surface area (Å²) in [4.78, 5) is 25.0. The number of amides is 1. The zero-order valence-electron chi connectivity index (χ0n) is 10.9. The van der Waals surface area contributed by atoms with Crippen LogP contribution in [0.4, 0.5) is 0 Å². The normalized spacial score (nSPS) is 29.4. The zero-order chi connectivity index (χ0) is 13.2. The first-order valence-electron chi connectivity index (χ1n) is 6.42. The van der Waals surface area contributed by atoms with Crippen LogP contribution in [-0.2, 0) is 9.59 Å². The fraction of sp³-hybridized carbons (Fsp3) is 0.692. The highest BCUT2D eigenvalue weighted by Gasteiger charge is 2.54. The molecule has 1 aliphatic heterocycles. The lowest BCUT2D eigenvalue weighted by Gasteiger charge is -2.23. The maximum Gasteiger partial charge on any atom is 0.311 e. The van der Waals surface area contributed by atoms with Gasteiger partial charge in [0.25, 0.3) is 0 Å². The number of nitrogens with one attached hydrogen (secondary N) is 1. The molecule has 19 heavy (non-hydrogen) atoms. The summed E-state index contributed by atoms with van der Waals surface area (Å²) in [6.45, 7) is 5.53. The minimum absolute atomic E-state index is 0. The number of fused-ring (bicyclic) bond motifs is 1. The maximum absolute atomic E-state index is 11.6.